The fourth-order valence-corrected chi connectivity index (χ4v) is 3.27. The van der Waals surface area contributed by atoms with Gasteiger partial charge in [-0.1, -0.05) is 25.5 Å². The normalized spacial score (nSPS) is 10.7. The Morgan fingerprint density at radius 2 is 1.96 bits per heavy atom. The molecule has 0 bridgehead atoms. The molecule has 136 valence electrons. The molecule has 0 fully saturated rings. The molecule has 1 amide bonds. The second-order valence-corrected chi connectivity index (χ2v) is 7.27. The molecular weight excluding hydrogens is 348 g/mol. The molecule has 0 atom stereocenters. The summed E-state index contributed by atoms with van der Waals surface area (Å²) in [4.78, 5) is 17.6. The van der Waals surface area contributed by atoms with E-state index in [1.54, 1.807) is 12.1 Å². The van der Waals surface area contributed by atoms with E-state index in [9.17, 15) is 4.79 Å². The Morgan fingerprint density at radius 1 is 1.19 bits per heavy atom. The zero-order valence-electron chi connectivity index (χ0n) is 15.2. The van der Waals surface area contributed by atoms with Gasteiger partial charge < -0.3 is 9.15 Å². The molecule has 0 saturated heterocycles. The third-order valence-corrected chi connectivity index (χ3v) is 4.97. The van der Waals surface area contributed by atoms with Crippen molar-refractivity contribution < 1.29 is 13.9 Å². The van der Waals surface area contributed by atoms with Crippen LogP contribution < -0.4 is 10.1 Å². The Labute approximate surface area is 157 Å². The molecule has 1 aromatic carbocycles. The van der Waals surface area contributed by atoms with E-state index in [2.05, 4.69) is 29.4 Å². The molecule has 0 spiro atoms. The lowest BCUT2D eigenvalue weighted by Gasteiger charge is -2.05. The molecule has 0 saturated carbocycles. The summed E-state index contributed by atoms with van der Waals surface area (Å²) in [5, 5.41) is 3.33. The van der Waals surface area contributed by atoms with Gasteiger partial charge in [-0.3, -0.25) is 10.1 Å². The van der Waals surface area contributed by atoms with Gasteiger partial charge in [0.2, 0.25) is 0 Å². The topological polar surface area (TPSA) is 64.4 Å². The lowest BCUT2D eigenvalue weighted by atomic mass is 10.1. The molecule has 5 nitrogen and oxygen atoms in total. The Kier molecular flexibility index (Phi) is 5.73. The number of thiazole rings is 1. The summed E-state index contributed by atoms with van der Waals surface area (Å²) in [6, 6.07) is 11.4. The van der Waals surface area contributed by atoms with Crippen molar-refractivity contribution in [2.24, 2.45) is 0 Å². The summed E-state index contributed by atoms with van der Waals surface area (Å²) in [5.74, 6) is 1.31. The van der Waals surface area contributed by atoms with Crippen LogP contribution in [0.2, 0.25) is 0 Å². The van der Waals surface area contributed by atoms with Crippen molar-refractivity contribution >= 4 is 22.4 Å². The Balaban J connectivity index is 1.56. The first kappa shape index (κ1) is 18.2. The lowest BCUT2D eigenvalue weighted by Crippen LogP contribution is -2.10. The molecule has 6 heteroatoms. The van der Waals surface area contributed by atoms with Gasteiger partial charge in [-0.25, -0.2) is 4.98 Å². The summed E-state index contributed by atoms with van der Waals surface area (Å²) in [6.45, 7) is 6.32. The van der Waals surface area contributed by atoms with E-state index in [-0.39, 0.29) is 18.3 Å². The SMILES string of the molecule is CCCc1ccc(OCc2ccc(C(=O)Nc3nc(C)c(C)s3)o2)cc1. The molecule has 0 radical (unpaired) electrons. The maximum absolute atomic E-state index is 12.2. The van der Waals surface area contributed by atoms with Crippen LogP contribution in [-0.4, -0.2) is 10.9 Å². The monoisotopic (exact) mass is 370 g/mol. The van der Waals surface area contributed by atoms with Gasteiger partial charge in [-0.15, -0.1) is 11.3 Å². The van der Waals surface area contributed by atoms with Crippen LogP contribution >= 0.6 is 11.3 Å². The van der Waals surface area contributed by atoms with Crippen LogP contribution in [0.1, 0.15) is 45.8 Å². The van der Waals surface area contributed by atoms with Gasteiger partial charge in [-0.05, 0) is 50.1 Å². The third kappa shape index (κ3) is 4.52. The van der Waals surface area contributed by atoms with Crippen LogP contribution in [0.4, 0.5) is 5.13 Å². The smallest absolute Gasteiger partial charge is 0.293 e. The van der Waals surface area contributed by atoms with E-state index in [4.69, 9.17) is 9.15 Å². The highest BCUT2D eigenvalue weighted by Gasteiger charge is 2.14. The number of carbonyl (C=O) groups excluding carboxylic acids is 1. The molecular formula is C20H22N2O3S. The number of nitrogens with zero attached hydrogens (tertiary/aromatic N) is 1. The average Bonchev–Trinajstić information content (AvgIpc) is 3.21. The van der Waals surface area contributed by atoms with Crippen LogP contribution in [0, 0.1) is 13.8 Å². The molecule has 1 N–H and O–H groups in total. The molecule has 2 aromatic heterocycles. The maximum atomic E-state index is 12.2. The Bertz CT molecular complexity index is 861. The second-order valence-electron chi connectivity index (χ2n) is 6.06. The first-order chi connectivity index (χ1) is 12.5. The van der Waals surface area contributed by atoms with Gasteiger partial charge >= 0.3 is 0 Å². The molecule has 3 aromatic rings. The van der Waals surface area contributed by atoms with Gasteiger partial charge in [0.1, 0.15) is 18.1 Å². The van der Waals surface area contributed by atoms with E-state index >= 15 is 0 Å². The summed E-state index contributed by atoms with van der Waals surface area (Å²) in [7, 11) is 0. The number of hydrogen-bond acceptors (Lipinski definition) is 5. The van der Waals surface area contributed by atoms with E-state index < -0.39 is 0 Å². The zero-order valence-corrected chi connectivity index (χ0v) is 16.0. The van der Waals surface area contributed by atoms with Gasteiger partial charge in [0, 0.05) is 4.88 Å². The van der Waals surface area contributed by atoms with Crippen molar-refractivity contribution in [2.45, 2.75) is 40.2 Å². The van der Waals surface area contributed by atoms with Gasteiger partial charge in [0.05, 0.1) is 5.69 Å². The highest BCUT2D eigenvalue weighted by molar-refractivity contribution is 7.15. The van der Waals surface area contributed by atoms with E-state index in [0.29, 0.717) is 10.9 Å². The molecule has 26 heavy (non-hydrogen) atoms. The fourth-order valence-electron chi connectivity index (χ4n) is 2.46. The van der Waals surface area contributed by atoms with Crippen molar-refractivity contribution in [2.75, 3.05) is 5.32 Å². The zero-order chi connectivity index (χ0) is 18.5. The number of carbonyl (C=O) groups is 1. The minimum Gasteiger partial charge on any atom is -0.486 e. The minimum atomic E-state index is -0.311. The van der Waals surface area contributed by atoms with Crippen LogP contribution in [0.5, 0.6) is 5.75 Å². The lowest BCUT2D eigenvalue weighted by molar-refractivity contribution is 0.0992. The molecule has 2 heterocycles. The highest BCUT2D eigenvalue weighted by Crippen LogP contribution is 2.22. The van der Waals surface area contributed by atoms with E-state index in [1.165, 1.54) is 16.9 Å². The first-order valence-electron chi connectivity index (χ1n) is 8.61. The molecule has 0 aliphatic carbocycles. The van der Waals surface area contributed by atoms with Crippen LogP contribution in [-0.2, 0) is 13.0 Å². The van der Waals surface area contributed by atoms with Crippen molar-refractivity contribution in [3.63, 3.8) is 0 Å². The predicted octanol–water partition coefficient (Wildman–Crippen LogP) is 5.14. The quantitative estimate of drug-likeness (QED) is 0.626. The number of amides is 1. The van der Waals surface area contributed by atoms with Gasteiger partial charge in [0.25, 0.3) is 5.91 Å². The highest BCUT2D eigenvalue weighted by atomic mass is 32.1. The Morgan fingerprint density at radius 3 is 2.62 bits per heavy atom. The number of aryl methyl sites for hydroxylation is 3. The summed E-state index contributed by atoms with van der Waals surface area (Å²) >= 11 is 1.45. The van der Waals surface area contributed by atoms with Crippen molar-refractivity contribution in [3.8, 4) is 5.75 Å². The number of furan rings is 1. The number of aromatic nitrogens is 1. The number of hydrogen-bond donors (Lipinski definition) is 1. The molecule has 3 rings (SSSR count). The minimum absolute atomic E-state index is 0.243. The van der Waals surface area contributed by atoms with Crippen LogP contribution in [0.15, 0.2) is 40.8 Å². The van der Waals surface area contributed by atoms with Crippen LogP contribution in [0.3, 0.4) is 0 Å². The fraction of sp³-hybridized carbons (Fsp3) is 0.300. The average molecular weight is 370 g/mol. The van der Waals surface area contributed by atoms with Crippen molar-refractivity contribution in [1.82, 2.24) is 4.98 Å². The molecule has 0 unspecified atom stereocenters. The van der Waals surface area contributed by atoms with Gasteiger partial charge in [-0.2, -0.15) is 0 Å². The predicted molar refractivity (Wildman–Crippen MR) is 103 cm³/mol. The van der Waals surface area contributed by atoms with E-state index in [1.807, 2.05) is 26.0 Å². The molecule has 0 aliphatic rings. The first-order valence-corrected chi connectivity index (χ1v) is 9.42. The third-order valence-electron chi connectivity index (χ3n) is 3.98. The maximum Gasteiger partial charge on any atom is 0.293 e. The number of benzene rings is 1. The summed E-state index contributed by atoms with van der Waals surface area (Å²) < 4.78 is 11.3. The van der Waals surface area contributed by atoms with Crippen molar-refractivity contribution in [3.05, 3.63) is 64.1 Å². The summed E-state index contributed by atoms with van der Waals surface area (Å²) in [6.07, 6.45) is 2.19. The molecule has 0 aliphatic heterocycles. The number of anilines is 1. The number of rotatable bonds is 7. The Hall–Kier alpha value is -2.60. The standard InChI is InChI=1S/C20H22N2O3S/c1-4-5-15-6-8-16(9-7-15)24-12-17-10-11-18(25-17)19(23)22-20-21-13(2)14(3)26-20/h6-11H,4-5,12H2,1-3H3,(H,21,22,23). The van der Waals surface area contributed by atoms with Crippen molar-refractivity contribution in [1.29, 1.82) is 0 Å². The largest absolute Gasteiger partial charge is 0.486 e. The summed E-state index contributed by atoms with van der Waals surface area (Å²) in [5.41, 5.74) is 2.22. The van der Waals surface area contributed by atoms with Crippen LogP contribution in [0.25, 0.3) is 0 Å². The number of nitrogens with one attached hydrogen (secondary N) is 1. The van der Waals surface area contributed by atoms with E-state index in [0.717, 1.165) is 29.2 Å². The number of ether oxygens (including phenoxy) is 1. The second kappa shape index (κ2) is 8.19. The van der Waals surface area contributed by atoms with Gasteiger partial charge in [0.15, 0.2) is 10.9 Å².